The molecule has 10 heteroatoms. The number of anilines is 1. The molecule has 1 amide bonds. The van der Waals surface area contributed by atoms with Gasteiger partial charge in [0.05, 0.1) is 23.8 Å². The zero-order valence-electron chi connectivity index (χ0n) is 15.0. The molecule has 146 valence electrons. The molecular weight excluding hydrogens is 383 g/mol. The highest BCUT2D eigenvalue weighted by Crippen LogP contribution is 2.19. The summed E-state index contributed by atoms with van der Waals surface area (Å²) in [4.78, 5) is 17.8. The van der Waals surface area contributed by atoms with Crippen LogP contribution in [0.5, 0.6) is 0 Å². The number of rotatable bonds is 5. The maximum Gasteiger partial charge on any atom is 0.243 e. The molecule has 1 aromatic heterocycles. The van der Waals surface area contributed by atoms with Crippen molar-refractivity contribution in [3.63, 3.8) is 0 Å². The molecule has 0 aliphatic rings. The maximum absolute atomic E-state index is 13.6. The Bertz CT molecular complexity index is 868. The molecule has 0 atom stereocenters. The maximum atomic E-state index is 13.6. The van der Waals surface area contributed by atoms with Crippen molar-refractivity contribution in [1.29, 1.82) is 0 Å². The molecule has 0 saturated carbocycles. The summed E-state index contributed by atoms with van der Waals surface area (Å²) in [5.41, 5.74) is 0.487. The zero-order chi connectivity index (χ0) is 20.1. The molecule has 0 saturated heterocycles. The molecule has 1 heterocycles. The SMILES string of the molecule is CN=C(NCC(=O)Nc1ccc(F)c(F)c1F)N(C)Cc1cc(Cl)cn1C. The van der Waals surface area contributed by atoms with Crippen LogP contribution in [0.25, 0.3) is 0 Å². The standard InChI is InChI=1S/C17H19ClF3N5O/c1-22-17(26(3)9-11-6-10(18)8-25(11)2)23-7-14(27)24-13-5-4-12(19)15(20)16(13)21/h4-6,8H,7,9H2,1-3H3,(H,22,23)(H,24,27). The summed E-state index contributed by atoms with van der Waals surface area (Å²) in [6, 6.07) is 3.49. The van der Waals surface area contributed by atoms with Crippen LogP contribution in [-0.2, 0) is 18.4 Å². The number of benzene rings is 1. The minimum Gasteiger partial charge on any atom is -0.351 e. The van der Waals surface area contributed by atoms with Gasteiger partial charge in [-0.25, -0.2) is 13.2 Å². The number of guanidine groups is 1. The summed E-state index contributed by atoms with van der Waals surface area (Å²) in [6.07, 6.45) is 1.77. The van der Waals surface area contributed by atoms with Crippen LogP contribution in [0.2, 0.25) is 5.02 Å². The van der Waals surface area contributed by atoms with Gasteiger partial charge >= 0.3 is 0 Å². The molecule has 0 fully saturated rings. The summed E-state index contributed by atoms with van der Waals surface area (Å²) in [5, 5.41) is 5.60. The van der Waals surface area contributed by atoms with E-state index in [9.17, 15) is 18.0 Å². The predicted molar refractivity (Wildman–Crippen MR) is 98.2 cm³/mol. The molecule has 0 spiro atoms. The number of aliphatic imine (C=N–C) groups is 1. The number of aryl methyl sites for hydroxylation is 1. The van der Waals surface area contributed by atoms with Crippen LogP contribution < -0.4 is 10.6 Å². The monoisotopic (exact) mass is 401 g/mol. The number of carbonyl (C=O) groups is 1. The van der Waals surface area contributed by atoms with Crippen molar-refractivity contribution >= 4 is 29.2 Å². The lowest BCUT2D eigenvalue weighted by Gasteiger charge is -2.22. The average molecular weight is 402 g/mol. The first kappa shape index (κ1) is 20.6. The van der Waals surface area contributed by atoms with Gasteiger partial charge in [0.15, 0.2) is 23.4 Å². The Kier molecular flexibility index (Phi) is 6.73. The van der Waals surface area contributed by atoms with Crippen LogP contribution >= 0.6 is 11.6 Å². The first-order valence-corrected chi connectivity index (χ1v) is 8.26. The highest BCUT2D eigenvalue weighted by Gasteiger charge is 2.16. The van der Waals surface area contributed by atoms with Crippen LogP contribution in [0, 0.1) is 17.5 Å². The van der Waals surface area contributed by atoms with Crippen LogP contribution in [0.3, 0.4) is 0 Å². The second-order valence-electron chi connectivity index (χ2n) is 5.79. The molecule has 2 aromatic rings. The number of aromatic nitrogens is 1. The number of hydrogen-bond acceptors (Lipinski definition) is 2. The Labute approximate surface area is 159 Å². The van der Waals surface area contributed by atoms with E-state index in [-0.39, 0.29) is 6.54 Å². The number of nitrogens with one attached hydrogen (secondary N) is 2. The van der Waals surface area contributed by atoms with Crippen LogP contribution in [0.15, 0.2) is 29.4 Å². The third kappa shape index (κ3) is 5.16. The topological polar surface area (TPSA) is 61.7 Å². The van der Waals surface area contributed by atoms with E-state index >= 15 is 0 Å². The third-order valence-corrected chi connectivity index (χ3v) is 3.97. The van der Waals surface area contributed by atoms with Crippen molar-refractivity contribution < 1.29 is 18.0 Å². The smallest absolute Gasteiger partial charge is 0.243 e. The predicted octanol–water partition coefficient (Wildman–Crippen LogP) is 2.74. The van der Waals surface area contributed by atoms with E-state index in [2.05, 4.69) is 15.6 Å². The number of amides is 1. The van der Waals surface area contributed by atoms with Crippen LogP contribution in [-0.4, -0.2) is 42.0 Å². The molecule has 0 unspecified atom stereocenters. The minimum atomic E-state index is -1.64. The van der Waals surface area contributed by atoms with Gasteiger partial charge < -0.3 is 20.1 Å². The van der Waals surface area contributed by atoms with Crippen LogP contribution in [0.1, 0.15) is 5.69 Å². The number of halogens is 4. The lowest BCUT2D eigenvalue weighted by molar-refractivity contribution is -0.115. The Morgan fingerprint density at radius 1 is 1.30 bits per heavy atom. The molecule has 1 aromatic carbocycles. The molecular formula is C17H19ClF3N5O. The van der Waals surface area contributed by atoms with Crippen molar-refractivity contribution in [2.75, 3.05) is 26.0 Å². The van der Waals surface area contributed by atoms with E-state index in [1.54, 1.807) is 25.2 Å². The Morgan fingerprint density at radius 3 is 2.59 bits per heavy atom. The second-order valence-corrected chi connectivity index (χ2v) is 6.22. The molecule has 27 heavy (non-hydrogen) atoms. The molecule has 0 bridgehead atoms. The zero-order valence-corrected chi connectivity index (χ0v) is 15.7. The van der Waals surface area contributed by atoms with Gasteiger partial charge in [-0.15, -0.1) is 0 Å². The molecule has 2 rings (SSSR count). The van der Waals surface area contributed by atoms with Gasteiger partial charge in [0.1, 0.15) is 0 Å². The van der Waals surface area contributed by atoms with Gasteiger partial charge in [-0.05, 0) is 18.2 Å². The second kappa shape index (κ2) is 8.81. The molecule has 2 N–H and O–H groups in total. The summed E-state index contributed by atoms with van der Waals surface area (Å²) < 4.78 is 41.6. The van der Waals surface area contributed by atoms with E-state index in [4.69, 9.17) is 11.6 Å². The number of nitrogens with zero attached hydrogens (tertiary/aromatic N) is 3. The lowest BCUT2D eigenvalue weighted by atomic mass is 10.2. The minimum absolute atomic E-state index is 0.247. The molecule has 0 aliphatic heterocycles. The molecule has 0 aliphatic carbocycles. The van der Waals surface area contributed by atoms with Crippen molar-refractivity contribution in [3.8, 4) is 0 Å². The highest BCUT2D eigenvalue weighted by molar-refractivity contribution is 6.30. The fraction of sp³-hybridized carbons (Fsp3) is 0.294. The van der Waals surface area contributed by atoms with Gasteiger partial charge in [-0.1, -0.05) is 11.6 Å². The summed E-state index contributed by atoms with van der Waals surface area (Å²) in [5.74, 6) is -4.65. The number of carbonyl (C=O) groups excluding carboxylic acids is 1. The van der Waals surface area contributed by atoms with E-state index in [1.165, 1.54) is 0 Å². The summed E-state index contributed by atoms with van der Waals surface area (Å²) in [7, 11) is 5.17. The van der Waals surface area contributed by atoms with Gasteiger partial charge in [0.25, 0.3) is 0 Å². The normalized spacial score (nSPS) is 11.4. The summed E-state index contributed by atoms with van der Waals surface area (Å²) >= 11 is 5.96. The van der Waals surface area contributed by atoms with Crippen molar-refractivity contribution in [2.24, 2.45) is 12.0 Å². The lowest BCUT2D eigenvalue weighted by Crippen LogP contribution is -2.42. The quantitative estimate of drug-likeness (QED) is 0.460. The Morgan fingerprint density at radius 2 is 2.00 bits per heavy atom. The number of hydrogen-bond donors (Lipinski definition) is 2. The fourth-order valence-electron chi connectivity index (χ4n) is 2.40. The van der Waals surface area contributed by atoms with Gasteiger partial charge in [0.2, 0.25) is 5.91 Å². The first-order valence-electron chi connectivity index (χ1n) is 7.88. The Balaban J connectivity index is 1.94. The van der Waals surface area contributed by atoms with Gasteiger partial charge in [-0.3, -0.25) is 9.79 Å². The van der Waals surface area contributed by atoms with Crippen molar-refractivity contribution in [1.82, 2.24) is 14.8 Å². The fourth-order valence-corrected chi connectivity index (χ4v) is 2.67. The largest absolute Gasteiger partial charge is 0.351 e. The average Bonchev–Trinajstić information content (AvgIpc) is 2.93. The highest BCUT2D eigenvalue weighted by atomic mass is 35.5. The Hall–Kier alpha value is -2.68. The van der Waals surface area contributed by atoms with E-state index in [1.807, 2.05) is 17.7 Å². The summed E-state index contributed by atoms with van der Waals surface area (Å²) in [6.45, 7) is 0.228. The van der Waals surface area contributed by atoms with E-state index in [0.29, 0.717) is 17.5 Å². The first-order chi connectivity index (χ1) is 12.7. The van der Waals surface area contributed by atoms with Crippen molar-refractivity contribution in [2.45, 2.75) is 6.54 Å². The third-order valence-electron chi connectivity index (χ3n) is 3.76. The van der Waals surface area contributed by atoms with Gasteiger partial charge in [0, 0.05) is 33.0 Å². The van der Waals surface area contributed by atoms with Crippen LogP contribution in [0.4, 0.5) is 18.9 Å². The molecule has 0 radical (unpaired) electrons. The van der Waals surface area contributed by atoms with Crippen molar-refractivity contribution in [3.05, 3.63) is 52.6 Å². The van der Waals surface area contributed by atoms with E-state index in [0.717, 1.165) is 17.8 Å². The van der Waals surface area contributed by atoms with Gasteiger partial charge in [-0.2, -0.15) is 0 Å². The van der Waals surface area contributed by atoms with E-state index < -0.39 is 29.0 Å². The molecule has 6 nitrogen and oxygen atoms in total.